The van der Waals surface area contributed by atoms with Crippen LogP contribution in [0.5, 0.6) is 5.75 Å². The number of methoxy groups -OCH3 is 1. The van der Waals surface area contributed by atoms with E-state index < -0.39 is 0 Å². The molecule has 0 spiro atoms. The SMILES string of the molecule is CCNC(=NCc1ccc(C)cc1OCCCOC)NCC1CCN(C2CC2)C1. The quantitative estimate of drug-likeness (QED) is 0.339. The Bertz CT molecular complexity index is 660. The molecule has 0 amide bonds. The molecule has 0 aromatic heterocycles. The van der Waals surface area contributed by atoms with E-state index in [9.17, 15) is 0 Å². The van der Waals surface area contributed by atoms with Gasteiger partial charge in [0.25, 0.3) is 0 Å². The second-order valence-electron chi connectivity index (χ2n) is 8.26. The van der Waals surface area contributed by atoms with E-state index >= 15 is 0 Å². The summed E-state index contributed by atoms with van der Waals surface area (Å²) in [6.45, 7) is 10.5. The Morgan fingerprint density at radius 1 is 1.21 bits per heavy atom. The Morgan fingerprint density at radius 2 is 2.07 bits per heavy atom. The minimum Gasteiger partial charge on any atom is -0.493 e. The van der Waals surface area contributed by atoms with Crippen LogP contribution in [0.25, 0.3) is 0 Å². The number of rotatable bonds is 11. The fraction of sp³-hybridized carbons (Fsp3) is 0.696. The third-order valence-corrected chi connectivity index (χ3v) is 5.66. The number of aryl methyl sites for hydroxylation is 1. The maximum absolute atomic E-state index is 6.00. The van der Waals surface area contributed by atoms with Crippen LogP contribution < -0.4 is 15.4 Å². The van der Waals surface area contributed by atoms with E-state index in [1.54, 1.807) is 7.11 Å². The molecule has 162 valence electrons. The fourth-order valence-electron chi connectivity index (χ4n) is 3.86. The summed E-state index contributed by atoms with van der Waals surface area (Å²) >= 11 is 0. The normalized spacial score (nSPS) is 20.1. The minimum absolute atomic E-state index is 0.605. The summed E-state index contributed by atoms with van der Waals surface area (Å²) in [5, 5.41) is 6.94. The van der Waals surface area contributed by atoms with Gasteiger partial charge in [-0.3, -0.25) is 0 Å². The molecule has 6 nitrogen and oxygen atoms in total. The van der Waals surface area contributed by atoms with Gasteiger partial charge in [-0.15, -0.1) is 0 Å². The molecule has 2 aliphatic rings. The van der Waals surface area contributed by atoms with Gasteiger partial charge in [-0.05, 0) is 57.2 Å². The Labute approximate surface area is 176 Å². The first-order chi connectivity index (χ1) is 14.2. The van der Waals surface area contributed by atoms with Crippen molar-refractivity contribution < 1.29 is 9.47 Å². The van der Waals surface area contributed by atoms with Crippen LogP contribution in [-0.4, -0.2) is 63.4 Å². The maximum Gasteiger partial charge on any atom is 0.191 e. The van der Waals surface area contributed by atoms with E-state index in [-0.39, 0.29) is 0 Å². The Balaban J connectivity index is 1.53. The van der Waals surface area contributed by atoms with Crippen molar-refractivity contribution in [2.75, 3.05) is 46.5 Å². The predicted molar refractivity (Wildman–Crippen MR) is 119 cm³/mol. The van der Waals surface area contributed by atoms with Crippen LogP contribution in [-0.2, 0) is 11.3 Å². The molecule has 3 rings (SSSR count). The van der Waals surface area contributed by atoms with E-state index in [4.69, 9.17) is 14.5 Å². The van der Waals surface area contributed by atoms with Crippen molar-refractivity contribution in [3.8, 4) is 5.75 Å². The number of guanidine groups is 1. The van der Waals surface area contributed by atoms with Gasteiger partial charge < -0.3 is 25.0 Å². The van der Waals surface area contributed by atoms with Crippen molar-refractivity contribution in [2.24, 2.45) is 10.9 Å². The molecule has 1 aromatic carbocycles. The molecule has 2 N–H and O–H groups in total. The van der Waals surface area contributed by atoms with Gasteiger partial charge in [0, 0.05) is 51.4 Å². The number of nitrogens with one attached hydrogen (secondary N) is 2. The molecule has 1 saturated heterocycles. The van der Waals surface area contributed by atoms with Crippen LogP contribution in [0.4, 0.5) is 0 Å². The Hall–Kier alpha value is -1.79. The topological polar surface area (TPSA) is 58.1 Å². The molecule has 2 fully saturated rings. The van der Waals surface area contributed by atoms with E-state index in [1.807, 2.05) is 0 Å². The van der Waals surface area contributed by atoms with Crippen LogP contribution >= 0.6 is 0 Å². The van der Waals surface area contributed by atoms with E-state index in [0.29, 0.717) is 19.8 Å². The highest BCUT2D eigenvalue weighted by Gasteiger charge is 2.34. The first kappa shape index (κ1) is 21.9. The molecule has 1 aliphatic heterocycles. The lowest BCUT2D eigenvalue weighted by Crippen LogP contribution is -2.40. The first-order valence-electron chi connectivity index (χ1n) is 11.2. The number of benzene rings is 1. The lowest BCUT2D eigenvalue weighted by Gasteiger charge is -2.17. The molecular formula is C23H38N4O2. The van der Waals surface area contributed by atoms with Gasteiger partial charge in [0.1, 0.15) is 5.75 Å². The second kappa shape index (κ2) is 11.4. The van der Waals surface area contributed by atoms with Crippen molar-refractivity contribution in [3.63, 3.8) is 0 Å². The van der Waals surface area contributed by atoms with E-state index in [2.05, 4.69) is 47.6 Å². The molecule has 1 aromatic rings. The van der Waals surface area contributed by atoms with Crippen molar-refractivity contribution in [3.05, 3.63) is 29.3 Å². The van der Waals surface area contributed by atoms with Gasteiger partial charge in [0.05, 0.1) is 13.2 Å². The molecule has 0 radical (unpaired) electrons. The van der Waals surface area contributed by atoms with Crippen molar-refractivity contribution in [1.29, 1.82) is 0 Å². The first-order valence-corrected chi connectivity index (χ1v) is 11.2. The van der Waals surface area contributed by atoms with Crippen molar-refractivity contribution in [2.45, 2.75) is 52.1 Å². The lowest BCUT2D eigenvalue weighted by atomic mass is 10.1. The van der Waals surface area contributed by atoms with Gasteiger partial charge >= 0.3 is 0 Å². The molecular weight excluding hydrogens is 364 g/mol. The van der Waals surface area contributed by atoms with Gasteiger partial charge in [-0.2, -0.15) is 0 Å². The zero-order valence-corrected chi connectivity index (χ0v) is 18.4. The number of ether oxygens (including phenoxy) is 2. The van der Waals surface area contributed by atoms with Crippen LogP contribution in [0.1, 0.15) is 43.7 Å². The third-order valence-electron chi connectivity index (χ3n) is 5.66. The zero-order chi connectivity index (χ0) is 20.5. The zero-order valence-electron chi connectivity index (χ0n) is 18.4. The fourth-order valence-corrected chi connectivity index (χ4v) is 3.86. The van der Waals surface area contributed by atoms with Gasteiger partial charge in [0.15, 0.2) is 5.96 Å². The van der Waals surface area contributed by atoms with Gasteiger partial charge in [0.2, 0.25) is 0 Å². The number of nitrogens with zero attached hydrogens (tertiary/aromatic N) is 2. The number of aliphatic imine (C=N–C) groups is 1. The second-order valence-corrected chi connectivity index (χ2v) is 8.26. The Morgan fingerprint density at radius 3 is 2.83 bits per heavy atom. The number of likely N-dealkylation sites (tertiary alicyclic amines) is 1. The molecule has 1 heterocycles. The molecule has 6 heteroatoms. The predicted octanol–water partition coefficient (Wildman–Crippen LogP) is 2.95. The van der Waals surface area contributed by atoms with Crippen LogP contribution in [0.3, 0.4) is 0 Å². The molecule has 1 unspecified atom stereocenters. The van der Waals surface area contributed by atoms with E-state index in [0.717, 1.165) is 48.7 Å². The minimum atomic E-state index is 0.605. The van der Waals surface area contributed by atoms with Crippen molar-refractivity contribution >= 4 is 5.96 Å². The number of hydrogen-bond donors (Lipinski definition) is 2. The Kier molecular flexibility index (Phi) is 8.62. The average molecular weight is 403 g/mol. The van der Waals surface area contributed by atoms with Gasteiger partial charge in [-0.1, -0.05) is 12.1 Å². The standard InChI is InChI=1S/C23H38N4O2/c1-4-24-23(25-15-19-10-11-27(17-19)21-8-9-21)26-16-20-7-6-18(2)14-22(20)29-13-5-12-28-3/h6-7,14,19,21H,4-5,8-13,15-17H2,1-3H3,(H2,24,25,26). The third kappa shape index (κ3) is 7.19. The monoisotopic (exact) mass is 402 g/mol. The summed E-state index contributed by atoms with van der Waals surface area (Å²) in [7, 11) is 1.72. The summed E-state index contributed by atoms with van der Waals surface area (Å²) in [4.78, 5) is 7.48. The molecule has 1 saturated carbocycles. The summed E-state index contributed by atoms with van der Waals surface area (Å²) in [6, 6.07) is 7.23. The smallest absolute Gasteiger partial charge is 0.191 e. The molecule has 0 bridgehead atoms. The molecule has 1 aliphatic carbocycles. The van der Waals surface area contributed by atoms with Crippen LogP contribution in [0.2, 0.25) is 0 Å². The summed E-state index contributed by atoms with van der Waals surface area (Å²) in [5.74, 6) is 2.54. The average Bonchev–Trinajstić information content (AvgIpc) is 3.46. The molecule has 29 heavy (non-hydrogen) atoms. The van der Waals surface area contributed by atoms with Gasteiger partial charge in [-0.25, -0.2) is 4.99 Å². The highest BCUT2D eigenvalue weighted by molar-refractivity contribution is 5.79. The van der Waals surface area contributed by atoms with Crippen LogP contribution in [0, 0.1) is 12.8 Å². The maximum atomic E-state index is 6.00. The number of hydrogen-bond acceptors (Lipinski definition) is 4. The highest BCUT2D eigenvalue weighted by atomic mass is 16.5. The summed E-state index contributed by atoms with van der Waals surface area (Å²) in [6.07, 6.45) is 4.98. The van der Waals surface area contributed by atoms with E-state index in [1.165, 1.54) is 37.9 Å². The summed E-state index contributed by atoms with van der Waals surface area (Å²) in [5.41, 5.74) is 2.32. The largest absolute Gasteiger partial charge is 0.493 e. The lowest BCUT2D eigenvalue weighted by molar-refractivity contribution is 0.172. The summed E-state index contributed by atoms with van der Waals surface area (Å²) < 4.78 is 11.1. The highest BCUT2D eigenvalue weighted by Crippen LogP contribution is 2.31. The van der Waals surface area contributed by atoms with Crippen LogP contribution in [0.15, 0.2) is 23.2 Å². The molecule has 1 atom stereocenters. The van der Waals surface area contributed by atoms with Crippen molar-refractivity contribution in [1.82, 2.24) is 15.5 Å².